The van der Waals surface area contributed by atoms with Crippen LogP contribution in [0.15, 0.2) is 24.3 Å². The molecular formula is C10H11N5O2. The molecule has 0 aliphatic heterocycles. The zero-order valence-electron chi connectivity index (χ0n) is 9.16. The van der Waals surface area contributed by atoms with Gasteiger partial charge >= 0.3 is 0 Å². The molecule has 88 valence electrons. The molecule has 0 atom stereocenters. The minimum atomic E-state index is -0.313. The van der Waals surface area contributed by atoms with Crippen LogP contribution < -0.4 is 0 Å². The number of tetrazole rings is 1. The summed E-state index contributed by atoms with van der Waals surface area (Å²) in [6, 6.07) is 6.63. The molecule has 1 aromatic heterocycles. The summed E-state index contributed by atoms with van der Waals surface area (Å²) < 4.78 is 0. The number of hydrogen-bond acceptors (Lipinski definition) is 5. The van der Waals surface area contributed by atoms with Gasteiger partial charge in [-0.3, -0.25) is 4.79 Å². The summed E-state index contributed by atoms with van der Waals surface area (Å²) in [7, 11) is 1.64. The van der Waals surface area contributed by atoms with Crippen molar-refractivity contribution in [3.8, 4) is 5.75 Å². The normalized spacial score (nSPS) is 10.2. The van der Waals surface area contributed by atoms with Crippen LogP contribution in [0.25, 0.3) is 0 Å². The van der Waals surface area contributed by atoms with Gasteiger partial charge in [0.1, 0.15) is 5.75 Å². The first-order valence-electron chi connectivity index (χ1n) is 4.93. The highest BCUT2D eigenvalue weighted by atomic mass is 16.3. The third-order valence-corrected chi connectivity index (χ3v) is 2.24. The summed E-state index contributed by atoms with van der Waals surface area (Å²) in [6.07, 6.45) is 0. The van der Waals surface area contributed by atoms with Crippen molar-refractivity contribution in [2.45, 2.75) is 6.54 Å². The molecule has 7 heteroatoms. The Labute approximate surface area is 97.1 Å². The van der Waals surface area contributed by atoms with Crippen LogP contribution in [0.2, 0.25) is 0 Å². The molecule has 0 unspecified atom stereocenters. The van der Waals surface area contributed by atoms with Crippen LogP contribution in [-0.2, 0) is 6.54 Å². The number of aromatic nitrogens is 4. The number of aromatic amines is 1. The van der Waals surface area contributed by atoms with E-state index in [1.807, 2.05) is 0 Å². The summed E-state index contributed by atoms with van der Waals surface area (Å²) in [4.78, 5) is 13.2. The minimum Gasteiger partial charge on any atom is -0.508 e. The number of nitrogens with one attached hydrogen (secondary N) is 1. The molecule has 1 amide bonds. The number of phenolic OH excluding ortho intramolecular Hbond substituents is 1. The van der Waals surface area contributed by atoms with Crippen LogP contribution in [-0.4, -0.2) is 43.6 Å². The molecular weight excluding hydrogens is 222 g/mol. The van der Waals surface area contributed by atoms with Gasteiger partial charge in [0.05, 0.1) is 0 Å². The SMILES string of the molecule is CN(Cc1ccc(O)cc1)C(=O)c1nn[nH]n1. The Morgan fingerprint density at radius 3 is 2.71 bits per heavy atom. The molecule has 0 spiro atoms. The van der Waals surface area contributed by atoms with Crippen molar-refractivity contribution in [2.24, 2.45) is 0 Å². The van der Waals surface area contributed by atoms with Crippen molar-refractivity contribution in [2.75, 3.05) is 7.05 Å². The lowest BCUT2D eigenvalue weighted by Crippen LogP contribution is -2.27. The van der Waals surface area contributed by atoms with E-state index in [4.69, 9.17) is 5.11 Å². The van der Waals surface area contributed by atoms with Crippen LogP contribution in [0, 0.1) is 0 Å². The first kappa shape index (κ1) is 11.1. The lowest BCUT2D eigenvalue weighted by molar-refractivity contribution is 0.0773. The molecule has 0 radical (unpaired) electrons. The van der Waals surface area contributed by atoms with E-state index in [0.29, 0.717) is 6.54 Å². The highest BCUT2D eigenvalue weighted by molar-refractivity contribution is 5.89. The van der Waals surface area contributed by atoms with E-state index in [9.17, 15) is 4.79 Å². The second-order valence-electron chi connectivity index (χ2n) is 3.56. The Morgan fingerprint density at radius 2 is 2.12 bits per heavy atom. The fraction of sp³-hybridized carbons (Fsp3) is 0.200. The Balaban J connectivity index is 2.04. The summed E-state index contributed by atoms with van der Waals surface area (Å²) in [5.41, 5.74) is 0.905. The molecule has 0 saturated carbocycles. The highest BCUT2D eigenvalue weighted by Gasteiger charge is 2.16. The van der Waals surface area contributed by atoms with Gasteiger partial charge < -0.3 is 10.0 Å². The van der Waals surface area contributed by atoms with Gasteiger partial charge in [-0.2, -0.15) is 5.21 Å². The Kier molecular flexibility index (Phi) is 2.99. The Morgan fingerprint density at radius 1 is 1.41 bits per heavy atom. The number of phenols is 1. The van der Waals surface area contributed by atoms with E-state index in [-0.39, 0.29) is 17.5 Å². The van der Waals surface area contributed by atoms with Crippen molar-refractivity contribution in [1.82, 2.24) is 25.5 Å². The molecule has 1 heterocycles. The van der Waals surface area contributed by atoms with Crippen LogP contribution >= 0.6 is 0 Å². The molecule has 0 bridgehead atoms. The van der Waals surface area contributed by atoms with Gasteiger partial charge in [-0.1, -0.05) is 12.1 Å². The average molecular weight is 233 g/mol. The van der Waals surface area contributed by atoms with E-state index in [2.05, 4.69) is 20.6 Å². The third-order valence-electron chi connectivity index (χ3n) is 2.24. The van der Waals surface area contributed by atoms with Crippen molar-refractivity contribution < 1.29 is 9.90 Å². The first-order chi connectivity index (χ1) is 8.16. The van der Waals surface area contributed by atoms with E-state index in [0.717, 1.165) is 5.56 Å². The number of amides is 1. The zero-order chi connectivity index (χ0) is 12.3. The van der Waals surface area contributed by atoms with Crippen molar-refractivity contribution in [3.05, 3.63) is 35.7 Å². The maximum Gasteiger partial charge on any atom is 0.295 e. The fourth-order valence-electron chi connectivity index (χ4n) is 1.37. The Hall–Kier alpha value is -2.44. The first-order valence-corrected chi connectivity index (χ1v) is 4.93. The number of rotatable bonds is 3. The third kappa shape index (κ3) is 2.57. The lowest BCUT2D eigenvalue weighted by atomic mass is 10.2. The summed E-state index contributed by atoms with van der Waals surface area (Å²) in [5.74, 6) is -0.0843. The second kappa shape index (κ2) is 4.60. The molecule has 2 rings (SSSR count). The smallest absolute Gasteiger partial charge is 0.295 e. The quantitative estimate of drug-likeness (QED) is 0.788. The number of aromatic hydroxyl groups is 1. The maximum absolute atomic E-state index is 11.8. The number of benzene rings is 1. The van der Waals surface area contributed by atoms with Gasteiger partial charge in [-0.05, 0) is 22.9 Å². The van der Waals surface area contributed by atoms with Gasteiger partial charge in [-0.25, -0.2) is 0 Å². The van der Waals surface area contributed by atoms with Crippen LogP contribution in [0.4, 0.5) is 0 Å². The van der Waals surface area contributed by atoms with Crippen LogP contribution in [0.3, 0.4) is 0 Å². The standard InChI is InChI=1S/C10H11N5O2/c1-15(10(17)9-11-13-14-12-9)6-7-2-4-8(16)5-3-7/h2-5,16H,6H2,1H3,(H,11,12,13,14). The Bertz CT molecular complexity index is 494. The summed E-state index contributed by atoms with van der Waals surface area (Å²) >= 11 is 0. The summed E-state index contributed by atoms with van der Waals surface area (Å²) in [6.45, 7) is 0.410. The van der Waals surface area contributed by atoms with Gasteiger partial charge in [0.15, 0.2) is 0 Å². The molecule has 2 aromatic rings. The molecule has 0 aliphatic rings. The predicted molar refractivity (Wildman–Crippen MR) is 58.1 cm³/mol. The maximum atomic E-state index is 11.8. The van der Waals surface area contributed by atoms with Crippen molar-refractivity contribution >= 4 is 5.91 Å². The van der Waals surface area contributed by atoms with Crippen molar-refractivity contribution in [1.29, 1.82) is 0 Å². The summed E-state index contributed by atoms with van der Waals surface area (Å²) in [5, 5.41) is 21.9. The largest absolute Gasteiger partial charge is 0.508 e. The molecule has 7 nitrogen and oxygen atoms in total. The molecule has 2 N–H and O–H groups in total. The van der Waals surface area contributed by atoms with Gasteiger partial charge in [0, 0.05) is 13.6 Å². The number of carbonyl (C=O) groups excluding carboxylic acids is 1. The molecule has 0 fully saturated rings. The van der Waals surface area contributed by atoms with Gasteiger partial charge in [-0.15, -0.1) is 10.2 Å². The monoisotopic (exact) mass is 233 g/mol. The fourth-order valence-corrected chi connectivity index (χ4v) is 1.37. The lowest BCUT2D eigenvalue weighted by Gasteiger charge is -2.14. The second-order valence-corrected chi connectivity index (χ2v) is 3.56. The van der Waals surface area contributed by atoms with E-state index in [1.54, 1.807) is 31.3 Å². The van der Waals surface area contributed by atoms with E-state index < -0.39 is 0 Å². The molecule has 0 aliphatic carbocycles. The van der Waals surface area contributed by atoms with E-state index >= 15 is 0 Å². The van der Waals surface area contributed by atoms with E-state index in [1.165, 1.54) is 4.90 Å². The zero-order valence-corrected chi connectivity index (χ0v) is 9.16. The number of hydrogen-bond donors (Lipinski definition) is 2. The van der Waals surface area contributed by atoms with Crippen LogP contribution in [0.5, 0.6) is 5.75 Å². The van der Waals surface area contributed by atoms with Gasteiger partial charge in [0.25, 0.3) is 11.7 Å². The minimum absolute atomic E-state index is 0.0336. The number of H-pyrrole nitrogens is 1. The van der Waals surface area contributed by atoms with Gasteiger partial charge in [0.2, 0.25) is 0 Å². The average Bonchev–Trinajstić information content (AvgIpc) is 2.84. The number of nitrogens with zero attached hydrogens (tertiary/aromatic N) is 4. The molecule has 1 aromatic carbocycles. The topological polar surface area (TPSA) is 95.0 Å². The number of carbonyl (C=O) groups is 1. The predicted octanol–water partition coefficient (Wildman–Crippen LogP) is 0.177. The van der Waals surface area contributed by atoms with Crippen molar-refractivity contribution in [3.63, 3.8) is 0 Å². The highest BCUT2D eigenvalue weighted by Crippen LogP contribution is 2.11. The molecule has 17 heavy (non-hydrogen) atoms. The molecule has 0 saturated heterocycles. The van der Waals surface area contributed by atoms with Crippen LogP contribution in [0.1, 0.15) is 16.2 Å².